The van der Waals surface area contributed by atoms with E-state index < -0.39 is 11.9 Å². The van der Waals surface area contributed by atoms with Crippen molar-refractivity contribution in [2.75, 3.05) is 28.3 Å². The zero-order valence-electron chi connectivity index (χ0n) is 21.4. The molecule has 11 heteroatoms. The highest BCUT2D eigenvalue weighted by atomic mass is 35.5. The van der Waals surface area contributed by atoms with Crippen LogP contribution >= 0.6 is 23.2 Å². The molecule has 2 heterocycles. The molecule has 0 amide bonds. The van der Waals surface area contributed by atoms with E-state index in [9.17, 15) is 9.59 Å². The van der Waals surface area contributed by atoms with Crippen LogP contribution in [0.15, 0.2) is 69.9 Å². The summed E-state index contributed by atoms with van der Waals surface area (Å²) >= 11 is 12.7. The number of carbonyl (C=O) groups excluding carboxylic acids is 2. The Bertz CT molecular complexity index is 1590. The Morgan fingerprint density at radius 1 is 0.821 bits per heavy atom. The second kappa shape index (κ2) is 12.0. The van der Waals surface area contributed by atoms with Crippen LogP contribution in [0.1, 0.15) is 32.2 Å². The molecule has 0 saturated carbocycles. The molecule has 0 fully saturated rings. The highest BCUT2D eigenvalue weighted by Crippen LogP contribution is 2.36. The number of nitrogens with zero attached hydrogens (tertiary/aromatic N) is 3. The molecule has 4 aromatic rings. The predicted octanol–water partition coefficient (Wildman–Crippen LogP) is 6.49. The number of methoxy groups -OCH3 is 2. The minimum Gasteiger partial charge on any atom is -0.465 e. The van der Waals surface area contributed by atoms with Gasteiger partial charge in [-0.3, -0.25) is 0 Å². The van der Waals surface area contributed by atoms with Gasteiger partial charge in [-0.15, -0.1) is 0 Å². The molecule has 0 saturated heterocycles. The summed E-state index contributed by atoms with van der Waals surface area (Å²) < 4.78 is 21.2. The van der Waals surface area contributed by atoms with E-state index in [4.69, 9.17) is 41.7 Å². The number of rotatable bonds is 8. The van der Waals surface area contributed by atoms with Crippen molar-refractivity contribution in [1.82, 2.24) is 15.2 Å². The van der Waals surface area contributed by atoms with Crippen molar-refractivity contribution in [3.05, 3.63) is 93.5 Å². The van der Waals surface area contributed by atoms with Gasteiger partial charge in [-0.1, -0.05) is 69.9 Å². The molecule has 0 bridgehead atoms. The first-order valence-corrected chi connectivity index (χ1v) is 12.2. The standard InChI is InChI=1S/C28H23Cl2N3O6/c1-33(2)15-16(26-23(28(35)37-4)25(32-39-26)18-10-6-8-12-20(18)30)13-14-21-22(27(34)36-3)24(31-38-21)17-9-5-7-11-19(17)29/h5-15H,1-4H3. The third-order valence-electron chi connectivity index (χ3n) is 5.52. The van der Waals surface area contributed by atoms with Crippen molar-refractivity contribution in [3.63, 3.8) is 0 Å². The number of ether oxygens (including phenoxy) is 2. The number of hydrogen-bond acceptors (Lipinski definition) is 9. The normalized spacial score (nSPS) is 11.6. The molecule has 2 aromatic carbocycles. The monoisotopic (exact) mass is 567 g/mol. The minimum absolute atomic E-state index is 0.0749. The minimum atomic E-state index is -0.671. The molecule has 0 atom stereocenters. The molecule has 0 aliphatic carbocycles. The molecule has 0 aliphatic rings. The molecular formula is C28H23Cl2N3O6. The zero-order valence-corrected chi connectivity index (χ0v) is 22.9. The average Bonchev–Trinajstić information content (AvgIpc) is 3.55. The van der Waals surface area contributed by atoms with E-state index >= 15 is 0 Å². The molecule has 0 unspecified atom stereocenters. The van der Waals surface area contributed by atoms with Crippen molar-refractivity contribution in [1.29, 1.82) is 0 Å². The van der Waals surface area contributed by atoms with Crippen molar-refractivity contribution >= 4 is 46.8 Å². The van der Waals surface area contributed by atoms with Gasteiger partial charge in [0.2, 0.25) is 0 Å². The van der Waals surface area contributed by atoms with Crippen LogP contribution in [0.25, 0.3) is 34.2 Å². The predicted molar refractivity (Wildman–Crippen MR) is 147 cm³/mol. The van der Waals surface area contributed by atoms with Crippen molar-refractivity contribution in [3.8, 4) is 22.5 Å². The van der Waals surface area contributed by atoms with Gasteiger partial charge in [0.1, 0.15) is 22.5 Å². The Hall–Kier alpha value is -4.34. The van der Waals surface area contributed by atoms with Crippen LogP contribution in [-0.4, -0.2) is 55.5 Å². The summed E-state index contributed by atoms with van der Waals surface area (Å²) in [5.41, 5.74) is 2.00. The van der Waals surface area contributed by atoms with E-state index in [1.807, 2.05) is 0 Å². The van der Waals surface area contributed by atoms with Crippen LogP contribution < -0.4 is 0 Å². The van der Waals surface area contributed by atoms with Crippen molar-refractivity contribution in [2.24, 2.45) is 0 Å². The van der Waals surface area contributed by atoms with Crippen molar-refractivity contribution in [2.45, 2.75) is 0 Å². The van der Waals surface area contributed by atoms with Gasteiger partial charge in [0.15, 0.2) is 11.5 Å². The molecule has 0 N–H and O–H groups in total. The van der Waals surface area contributed by atoms with Crippen LogP contribution in [0.2, 0.25) is 10.0 Å². The van der Waals surface area contributed by atoms with E-state index in [-0.39, 0.29) is 34.0 Å². The topological polar surface area (TPSA) is 108 Å². The third-order valence-corrected chi connectivity index (χ3v) is 6.18. The summed E-state index contributed by atoms with van der Waals surface area (Å²) in [4.78, 5) is 27.4. The lowest BCUT2D eigenvalue weighted by Crippen LogP contribution is -2.07. The van der Waals surface area contributed by atoms with Gasteiger partial charge in [0.05, 0.1) is 24.3 Å². The van der Waals surface area contributed by atoms with E-state index in [1.54, 1.807) is 79.8 Å². The first-order chi connectivity index (χ1) is 18.8. The van der Waals surface area contributed by atoms with Gasteiger partial charge >= 0.3 is 11.9 Å². The van der Waals surface area contributed by atoms with Gasteiger partial charge in [0, 0.05) is 37.0 Å². The zero-order chi connectivity index (χ0) is 28.1. The second-order valence-electron chi connectivity index (χ2n) is 8.33. The fraction of sp³-hybridized carbons (Fsp3) is 0.143. The Labute approximate surface area is 234 Å². The lowest BCUT2D eigenvalue weighted by Gasteiger charge is -2.09. The van der Waals surface area contributed by atoms with E-state index in [1.165, 1.54) is 20.3 Å². The molecule has 0 radical (unpaired) electrons. The van der Waals surface area contributed by atoms with Crippen LogP contribution in [0.3, 0.4) is 0 Å². The smallest absolute Gasteiger partial charge is 0.344 e. The molecule has 0 aliphatic heterocycles. The second-order valence-corrected chi connectivity index (χ2v) is 9.14. The summed E-state index contributed by atoms with van der Waals surface area (Å²) in [6, 6.07) is 13.8. The van der Waals surface area contributed by atoms with Gasteiger partial charge < -0.3 is 23.4 Å². The molecule has 9 nitrogen and oxygen atoms in total. The quantitative estimate of drug-likeness (QED) is 0.174. The highest BCUT2D eigenvalue weighted by molar-refractivity contribution is 6.34. The summed E-state index contributed by atoms with van der Waals surface area (Å²) in [6.07, 6.45) is 4.79. The summed E-state index contributed by atoms with van der Waals surface area (Å²) in [5, 5.41) is 8.98. The number of hydrogen-bond donors (Lipinski definition) is 0. The first kappa shape index (κ1) is 27.7. The maximum absolute atomic E-state index is 12.9. The van der Waals surface area contributed by atoms with E-state index in [0.717, 1.165) is 0 Å². The molecule has 0 spiro atoms. The molecule has 39 heavy (non-hydrogen) atoms. The largest absolute Gasteiger partial charge is 0.465 e. The Kier molecular flexibility index (Phi) is 8.53. The van der Waals surface area contributed by atoms with Crippen molar-refractivity contribution < 1.29 is 28.1 Å². The molecule has 4 rings (SSSR count). The van der Waals surface area contributed by atoms with E-state index in [2.05, 4.69) is 10.3 Å². The fourth-order valence-electron chi connectivity index (χ4n) is 3.79. The molecule has 200 valence electrons. The van der Waals surface area contributed by atoms with Crippen LogP contribution in [-0.2, 0) is 9.47 Å². The van der Waals surface area contributed by atoms with Gasteiger partial charge in [-0.05, 0) is 24.3 Å². The summed E-state index contributed by atoms with van der Waals surface area (Å²) in [6.45, 7) is 0. The SMILES string of the molecule is COC(=O)c1c(-c2ccccc2Cl)noc1C=CC(=CN(C)C)c1onc(-c2ccccc2Cl)c1C(=O)OC. The first-order valence-electron chi connectivity index (χ1n) is 11.5. The summed E-state index contributed by atoms with van der Waals surface area (Å²) in [7, 11) is 6.10. The van der Waals surface area contributed by atoms with Gasteiger partial charge in [-0.25, -0.2) is 9.59 Å². The number of halogens is 2. The number of benzene rings is 2. The molecular weight excluding hydrogens is 545 g/mol. The fourth-order valence-corrected chi connectivity index (χ4v) is 4.24. The Morgan fingerprint density at radius 2 is 1.33 bits per heavy atom. The summed E-state index contributed by atoms with van der Waals surface area (Å²) in [5.74, 6) is -1.12. The lowest BCUT2D eigenvalue weighted by atomic mass is 10.0. The third kappa shape index (κ3) is 5.74. The number of aromatic nitrogens is 2. The molecule has 2 aromatic heterocycles. The van der Waals surface area contributed by atoms with Crippen LogP contribution in [0, 0.1) is 0 Å². The maximum atomic E-state index is 12.9. The average molecular weight is 568 g/mol. The number of esters is 2. The number of carbonyl (C=O) groups is 2. The lowest BCUT2D eigenvalue weighted by molar-refractivity contribution is 0.0591. The Balaban J connectivity index is 1.85. The van der Waals surface area contributed by atoms with Gasteiger partial charge in [-0.2, -0.15) is 0 Å². The maximum Gasteiger partial charge on any atom is 0.344 e. The highest BCUT2D eigenvalue weighted by Gasteiger charge is 2.29. The number of allylic oxidation sites excluding steroid dienone is 2. The van der Waals surface area contributed by atoms with Gasteiger partial charge in [0.25, 0.3) is 0 Å². The Morgan fingerprint density at radius 3 is 1.87 bits per heavy atom. The van der Waals surface area contributed by atoms with Crippen LogP contribution in [0.4, 0.5) is 0 Å². The van der Waals surface area contributed by atoms with Crippen LogP contribution in [0.5, 0.6) is 0 Å². The van der Waals surface area contributed by atoms with E-state index in [0.29, 0.717) is 26.7 Å².